The molecule has 2 heterocycles. The third kappa shape index (κ3) is 4.95. The van der Waals surface area contributed by atoms with Gasteiger partial charge in [0.05, 0.1) is 23.3 Å². The Bertz CT molecular complexity index is 1390. The maximum absolute atomic E-state index is 13.4. The molecule has 0 unspecified atom stereocenters. The molecule has 1 amide bonds. The lowest BCUT2D eigenvalue weighted by Gasteiger charge is -2.23. The highest BCUT2D eigenvalue weighted by Gasteiger charge is 2.27. The number of rotatable bonds is 7. The number of hydrogen-bond acceptors (Lipinski definition) is 6. The minimum atomic E-state index is -3.85. The summed E-state index contributed by atoms with van der Waals surface area (Å²) in [6.07, 6.45) is 2.78. The molecular weight excluding hydrogens is 456 g/mol. The number of benzene rings is 2. The summed E-state index contributed by atoms with van der Waals surface area (Å²) in [6, 6.07) is 16.7. The van der Waals surface area contributed by atoms with E-state index in [1.54, 1.807) is 11.0 Å². The molecule has 0 radical (unpaired) electrons. The van der Waals surface area contributed by atoms with Crippen molar-refractivity contribution in [3.63, 3.8) is 0 Å². The minimum Gasteiger partial charge on any atom is -0.282 e. The van der Waals surface area contributed by atoms with E-state index in [0.29, 0.717) is 5.13 Å². The van der Waals surface area contributed by atoms with Crippen molar-refractivity contribution in [2.75, 3.05) is 18.5 Å². The molecular formula is C24H24N4O3S2. The van der Waals surface area contributed by atoms with Crippen LogP contribution in [-0.4, -0.2) is 42.2 Å². The molecule has 2 aromatic heterocycles. The average Bonchev–Trinajstić information content (AvgIpc) is 3.22. The van der Waals surface area contributed by atoms with Gasteiger partial charge < -0.3 is 0 Å². The largest absolute Gasteiger partial charge is 0.282 e. The Morgan fingerprint density at radius 3 is 2.52 bits per heavy atom. The van der Waals surface area contributed by atoms with Gasteiger partial charge in [0.1, 0.15) is 4.90 Å². The number of likely N-dealkylation sites (N-methyl/N-ethyl adjacent to an activating group) is 1. The SMILES string of the molecule is Cc1cc(C)c2sc(N(Cc3ccccc3)C(=O)CN(C)S(=O)(=O)c3cccnc3)nc2c1. The molecule has 170 valence electrons. The van der Waals surface area contributed by atoms with Gasteiger partial charge in [-0.25, -0.2) is 13.4 Å². The summed E-state index contributed by atoms with van der Waals surface area (Å²) in [6.45, 7) is 4.00. The first-order chi connectivity index (χ1) is 15.8. The number of nitrogens with zero attached hydrogens (tertiary/aromatic N) is 4. The fourth-order valence-corrected chi connectivity index (χ4v) is 5.67. The van der Waals surface area contributed by atoms with E-state index in [9.17, 15) is 13.2 Å². The zero-order valence-electron chi connectivity index (χ0n) is 18.6. The van der Waals surface area contributed by atoms with Gasteiger partial charge in [-0.05, 0) is 48.7 Å². The lowest BCUT2D eigenvalue weighted by atomic mass is 10.1. The van der Waals surface area contributed by atoms with Crippen LogP contribution in [0, 0.1) is 13.8 Å². The molecule has 4 aromatic rings. The van der Waals surface area contributed by atoms with E-state index in [1.807, 2.05) is 50.2 Å². The smallest absolute Gasteiger partial charge is 0.244 e. The number of anilines is 1. The van der Waals surface area contributed by atoms with E-state index in [4.69, 9.17) is 4.98 Å². The van der Waals surface area contributed by atoms with Gasteiger partial charge >= 0.3 is 0 Å². The number of pyridine rings is 1. The number of thiazole rings is 1. The van der Waals surface area contributed by atoms with E-state index in [-0.39, 0.29) is 23.9 Å². The second-order valence-corrected chi connectivity index (χ2v) is 10.9. The van der Waals surface area contributed by atoms with Crippen LogP contribution in [0.15, 0.2) is 71.9 Å². The van der Waals surface area contributed by atoms with Gasteiger partial charge in [-0.1, -0.05) is 47.7 Å². The second-order valence-electron chi connectivity index (χ2n) is 7.84. The predicted octanol–water partition coefficient (Wildman–Crippen LogP) is 4.16. The third-order valence-electron chi connectivity index (χ3n) is 5.22. The maximum atomic E-state index is 13.4. The Labute approximate surface area is 197 Å². The van der Waals surface area contributed by atoms with E-state index in [2.05, 4.69) is 11.1 Å². The van der Waals surface area contributed by atoms with Gasteiger partial charge in [0.25, 0.3) is 0 Å². The standard InChI is InChI=1S/C24H24N4O3S2/c1-17-12-18(2)23-21(13-17)26-24(32-23)28(15-19-8-5-4-6-9-19)22(29)16-27(3)33(30,31)20-10-7-11-25-14-20/h4-14H,15-16H2,1-3H3. The van der Waals surface area contributed by atoms with Crippen molar-refractivity contribution >= 4 is 42.6 Å². The molecule has 0 bridgehead atoms. The zero-order valence-corrected chi connectivity index (χ0v) is 20.2. The Morgan fingerprint density at radius 2 is 1.82 bits per heavy atom. The van der Waals surface area contributed by atoms with Crippen molar-refractivity contribution in [1.82, 2.24) is 14.3 Å². The third-order valence-corrected chi connectivity index (χ3v) is 8.24. The van der Waals surface area contributed by atoms with Crippen molar-refractivity contribution in [2.24, 2.45) is 0 Å². The van der Waals surface area contributed by atoms with Crippen LogP contribution in [0.2, 0.25) is 0 Å². The fourth-order valence-electron chi connectivity index (χ4n) is 3.55. The van der Waals surface area contributed by atoms with Crippen molar-refractivity contribution in [1.29, 1.82) is 0 Å². The highest BCUT2D eigenvalue weighted by Crippen LogP contribution is 2.33. The molecule has 4 rings (SSSR count). The van der Waals surface area contributed by atoms with E-state index in [1.165, 1.54) is 36.8 Å². The normalized spacial score (nSPS) is 11.8. The Morgan fingerprint density at radius 1 is 1.06 bits per heavy atom. The molecule has 0 N–H and O–H groups in total. The van der Waals surface area contributed by atoms with Gasteiger partial charge in [-0.15, -0.1) is 0 Å². The number of hydrogen-bond donors (Lipinski definition) is 0. The summed E-state index contributed by atoms with van der Waals surface area (Å²) in [5.41, 5.74) is 3.95. The number of aryl methyl sites for hydroxylation is 2. The Kier molecular flexibility index (Phi) is 6.55. The van der Waals surface area contributed by atoms with Crippen LogP contribution in [0.1, 0.15) is 16.7 Å². The van der Waals surface area contributed by atoms with Crippen LogP contribution in [0.4, 0.5) is 5.13 Å². The molecule has 7 nitrogen and oxygen atoms in total. The molecule has 0 atom stereocenters. The lowest BCUT2D eigenvalue weighted by molar-refractivity contribution is -0.118. The molecule has 0 aliphatic carbocycles. The lowest BCUT2D eigenvalue weighted by Crippen LogP contribution is -2.41. The minimum absolute atomic E-state index is 0.0426. The summed E-state index contributed by atoms with van der Waals surface area (Å²) in [5, 5.41) is 0.541. The van der Waals surface area contributed by atoms with Crippen LogP contribution in [0.3, 0.4) is 0 Å². The van der Waals surface area contributed by atoms with Gasteiger partial charge in [0.2, 0.25) is 15.9 Å². The van der Waals surface area contributed by atoms with Crippen LogP contribution in [-0.2, 0) is 21.4 Å². The molecule has 9 heteroatoms. The van der Waals surface area contributed by atoms with Crippen LogP contribution in [0.25, 0.3) is 10.2 Å². The molecule has 2 aromatic carbocycles. The first kappa shape index (κ1) is 23.0. The van der Waals surface area contributed by atoms with E-state index < -0.39 is 10.0 Å². The summed E-state index contributed by atoms with van der Waals surface area (Å²) in [7, 11) is -2.46. The highest BCUT2D eigenvalue weighted by molar-refractivity contribution is 7.89. The van der Waals surface area contributed by atoms with Crippen LogP contribution < -0.4 is 4.90 Å². The van der Waals surface area contributed by atoms with Gasteiger partial charge in [0, 0.05) is 19.4 Å². The molecule has 0 aliphatic rings. The summed E-state index contributed by atoms with van der Waals surface area (Å²) in [5.74, 6) is -0.359. The Hall–Kier alpha value is -3.14. The molecule has 0 spiro atoms. The van der Waals surface area contributed by atoms with Crippen molar-refractivity contribution in [3.8, 4) is 0 Å². The number of amides is 1. The van der Waals surface area contributed by atoms with Gasteiger partial charge in [-0.2, -0.15) is 4.31 Å². The van der Waals surface area contributed by atoms with Gasteiger partial charge in [-0.3, -0.25) is 14.7 Å². The van der Waals surface area contributed by atoms with Gasteiger partial charge in [0.15, 0.2) is 5.13 Å². The Balaban J connectivity index is 1.68. The molecule has 0 saturated heterocycles. The van der Waals surface area contributed by atoms with Crippen LogP contribution in [0.5, 0.6) is 0 Å². The molecule has 0 aliphatic heterocycles. The van der Waals surface area contributed by atoms with Crippen LogP contribution >= 0.6 is 11.3 Å². The zero-order chi connectivity index (χ0) is 23.6. The van der Waals surface area contributed by atoms with Crippen molar-refractivity contribution in [3.05, 3.63) is 83.7 Å². The maximum Gasteiger partial charge on any atom is 0.244 e. The monoisotopic (exact) mass is 480 g/mol. The number of fused-ring (bicyclic) bond motifs is 1. The summed E-state index contributed by atoms with van der Waals surface area (Å²) >= 11 is 1.44. The van der Waals surface area contributed by atoms with E-state index in [0.717, 1.165) is 31.2 Å². The van der Waals surface area contributed by atoms with Crippen molar-refractivity contribution in [2.45, 2.75) is 25.3 Å². The fraction of sp³-hybridized carbons (Fsp3) is 0.208. The summed E-state index contributed by atoms with van der Waals surface area (Å²) < 4.78 is 27.9. The predicted molar refractivity (Wildman–Crippen MR) is 131 cm³/mol. The molecule has 0 fully saturated rings. The van der Waals surface area contributed by atoms with E-state index >= 15 is 0 Å². The molecule has 0 saturated carbocycles. The average molecular weight is 481 g/mol. The first-order valence-corrected chi connectivity index (χ1v) is 12.6. The summed E-state index contributed by atoms with van der Waals surface area (Å²) in [4.78, 5) is 23.6. The number of aromatic nitrogens is 2. The quantitative estimate of drug-likeness (QED) is 0.397. The topological polar surface area (TPSA) is 83.5 Å². The number of carbonyl (C=O) groups is 1. The molecule has 33 heavy (non-hydrogen) atoms. The van der Waals surface area contributed by atoms with Crippen molar-refractivity contribution < 1.29 is 13.2 Å². The number of sulfonamides is 1. The highest BCUT2D eigenvalue weighted by atomic mass is 32.2. The first-order valence-electron chi connectivity index (χ1n) is 10.3. The second kappa shape index (κ2) is 9.38. The number of carbonyl (C=O) groups excluding carboxylic acids is 1.